The Hall–Kier alpha value is -2.15. The molecule has 1 aromatic rings. The minimum Gasteiger partial charge on any atom is -0.497 e. The van der Waals surface area contributed by atoms with E-state index in [-0.39, 0.29) is 30.6 Å². The quantitative estimate of drug-likeness (QED) is 0.807. The molecule has 0 saturated carbocycles. The summed E-state index contributed by atoms with van der Waals surface area (Å²) in [5.41, 5.74) is 0.482. The van der Waals surface area contributed by atoms with Gasteiger partial charge in [-0.2, -0.15) is 0 Å². The third-order valence-corrected chi connectivity index (χ3v) is 4.56. The first-order chi connectivity index (χ1) is 12.0. The Morgan fingerprint density at radius 2 is 2.12 bits per heavy atom. The summed E-state index contributed by atoms with van der Waals surface area (Å²) in [5, 5.41) is 2.80. The summed E-state index contributed by atoms with van der Waals surface area (Å²) in [6.45, 7) is 6.38. The molecular weight excluding hydrogens is 325 g/mol. The predicted octanol–water partition coefficient (Wildman–Crippen LogP) is 1.39. The Morgan fingerprint density at radius 1 is 1.40 bits per heavy atom. The SMILES string of the molecule is CCN(CC)C(=O)C[C@H]1C(=O)NCCN1Cc1ccc(OC)cc1F. The van der Waals surface area contributed by atoms with Crippen molar-refractivity contribution < 1.29 is 18.7 Å². The van der Waals surface area contributed by atoms with E-state index in [1.54, 1.807) is 17.0 Å². The molecule has 0 aromatic heterocycles. The standard InChI is InChI=1S/C18H26FN3O3/c1-4-21(5-2)17(23)11-16-18(24)20-8-9-22(16)12-13-6-7-14(25-3)10-15(13)19/h6-7,10,16H,4-5,8-9,11-12H2,1-3H3,(H,20,24)/t16-/m0/s1. The van der Waals surface area contributed by atoms with E-state index < -0.39 is 6.04 Å². The molecule has 7 heteroatoms. The van der Waals surface area contributed by atoms with Gasteiger partial charge in [-0.15, -0.1) is 0 Å². The van der Waals surface area contributed by atoms with Crippen molar-refractivity contribution in [3.8, 4) is 5.75 Å². The molecule has 1 fully saturated rings. The summed E-state index contributed by atoms with van der Waals surface area (Å²) >= 11 is 0. The first kappa shape index (κ1) is 19.2. The minimum atomic E-state index is -0.580. The van der Waals surface area contributed by atoms with Crippen LogP contribution in [-0.2, 0) is 16.1 Å². The zero-order valence-corrected chi connectivity index (χ0v) is 15.0. The second-order valence-electron chi connectivity index (χ2n) is 6.00. The van der Waals surface area contributed by atoms with Crippen LogP contribution < -0.4 is 10.1 Å². The summed E-state index contributed by atoms with van der Waals surface area (Å²) in [7, 11) is 1.48. The van der Waals surface area contributed by atoms with Crippen LogP contribution in [0, 0.1) is 5.82 Å². The van der Waals surface area contributed by atoms with Crippen molar-refractivity contribution in [1.29, 1.82) is 0 Å². The van der Waals surface area contributed by atoms with Crippen molar-refractivity contribution in [2.24, 2.45) is 0 Å². The highest BCUT2D eigenvalue weighted by Crippen LogP contribution is 2.20. The molecule has 1 atom stereocenters. The van der Waals surface area contributed by atoms with Gasteiger partial charge in [-0.05, 0) is 19.9 Å². The van der Waals surface area contributed by atoms with Gasteiger partial charge in [-0.25, -0.2) is 4.39 Å². The van der Waals surface area contributed by atoms with Crippen LogP contribution in [0.2, 0.25) is 0 Å². The molecule has 0 aliphatic carbocycles. The number of carbonyl (C=O) groups is 2. The van der Waals surface area contributed by atoms with Gasteiger partial charge in [0.05, 0.1) is 19.6 Å². The molecule has 1 aliphatic rings. The summed E-state index contributed by atoms with van der Waals surface area (Å²) in [5.74, 6) is -0.169. The fourth-order valence-electron chi connectivity index (χ4n) is 3.05. The number of rotatable bonds is 7. The highest BCUT2D eigenvalue weighted by Gasteiger charge is 2.32. The summed E-state index contributed by atoms with van der Waals surface area (Å²) in [6, 6.07) is 4.10. The fourth-order valence-corrected chi connectivity index (χ4v) is 3.05. The maximum absolute atomic E-state index is 14.2. The number of nitrogens with zero attached hydrogens (tertiary/aromatic N) is 2. The number of hydrogen-bond acceptors (Lipinski definition) is 4. The Balaban J connectivity index is 2.13. The number of halogens is 1. The summed E-state index contributed by atoms with van der Waals surface area (Å²) in [4.78, 5) is 28.2. The van der Waals surface area contributed by atoms with Crippen LogP contribution >= 0.6 is 0 Å². The van der Waals surface area contributed by atoms with Gasteiger partial charge in [-0.1, -0.05) is 6.07 Å². The summed E-state index contributed by atoms with van der Waals surface area (Å²) < 4.78 is 19.2. The van der Waals surface area contributed by atoms with Crippen LogP contribution in [0.1, 0.15) is 25.8 Å². The molecule has 25 heavy (non-hydrogen) atoms. The molecule has 1 saturated heterocycles. The molecule has 2 rings (SSSR count). The van der Waals surface area contributed by atoms with Gasteiger partial charge in [0.25, 0.3) is 0 Å². The molecule has 1 aliphatic heterocycles. The van der Waals surface area contributed by atoms with Crippen molar-refractivity contribution in [3.63, 3.8) is 0 Å². The van der Waals surface area contributed by atoms with Crippen molar-refractivity contribution in [2.75, 3.05) is 33.3 Å². The lowest BCUT2D eigenvalue weighted by molar-refractivity contribution is -0.138. The van der Waals surface area contributed by atoms with Crippen LogP contribution in [0.5, 0.6) is 5.75 Å². The molecule has 0 bridgehead atoms. The van der Waals surface area contributed by atoms with E-state index in [0.717, 1.165) is 0 Å². The van der Waals surface area contributed by atoms with Crippen LogP contribution in [-0.4, -0.2) is 60.9 Å². The largest absolute Gasteiger partial charge is 0.497 e. The van der Waals surface area contributed by atoms with E-state index in [1.165, 1.54) is 13.2 Å². The van der Waals surface area contributed by atoms with E-state index >= 15 is 0 Å². The van der Waals surface area contributed by atoms with Crippen LogP contribution in [0.25, 0.3) is 0 Å². The number of amides is 2. The van der Waals surface area contributed by atoms with Gasteiger partial charge in [0.2, 0.25) is 11.8 Å². The molecule has 0 spiro atoms. The molecule has 1 N–H and O–H groups in total. The van der Waals surface area contributed by atoms with Crippen molar-refractivity contribution in [3.05, 3.63) is 29.6 Å². The monoisotopic (exact) mass is 351 g/mol. The van der Waals surface area contributed by atoms with Crippen LogP contribution in [0.4, 0.5) is 4.39 Å². The Bertz CT molecular complexity index is 620. The normalized spacial score (nSPS) is 17.9. The highest BCUT2D eigenvalue weighted by atomic mass is 19.1. The third kappa shape index (κ3) is 4.69. The van der Waals surface area contributed by atoms with Gasteiger partial charge in [-0.3, -0.25) is 14.5 Å². The van der Waals surface area contributed by atoms with E-state index in [9.17, 15) is 14.0 Å². The Labute approximate surface area is 147 Å². The van der Waals surface area contributed by atoms with Crippen LogP contribution in [0.15, 0.2) is 18.2 Å². The first-order valence-electron chi connectivity index (χ1n) is 8.62. The second-order valence-corrected chi connectivity index (χ2v) is 6.00. The van der Waals surface area contributed by atoms with Gasteiger partial charge >= 0.3 is 0 Å². The molecular formula is C18H26FN3O3. The lowest BCUT2D eigenvalue weighted by Gasteiger charge is -2.35. The van der Waals surface area contributed by atoms with E-state index in [1.807, 2.05) is 18.7 Å². The van der Waals surface area contributed by atoms with Crippen molar-refractivity contribution in [1.82, 2.24) is 15.1 Å². The van der Waals surface area contributed by atoms with Crippen molar-refractivity contribution >= 4 is 11.8 Å². The number of piperazine rings is 1. The van der Waals surface area contributed by atoms with Gasteiger partial charge in [0.1, 0.15) is 11.6 Å². The van der Waals surface area contributed by atoms with E-state index in [0.29, 0.717) is 37.5 Å². The average molecular weight is 351 g/mol. The zero-order chi connectivity index (χ0) is 18.4. The topological polar surface area (TPSA) is 61.9 Å². The van der Waals surface area contributed by atoms with E-state index in [2.05, 4.69) is 5.32 Å². The maximum Gasteiger partial charge on any atom is 0.237 e. The van der Waals surface area contributed by atoms with Gasteiger partial charge < -0.3 is 15.0 Å². The number of methoxy groups -OCH3 is 1. The number of ether oxygens (including phenoxy) is 1. The Kier molecular flexibility index (Phi) is 6.75. The van der Waals surface area contributed by atoms with Gasteiger partial charge in [0.15, 0.2) is 0 Å². The smallest absolute Gasteiger partial charge is 0.237 e. The number of hydrogen-bond donors (Lipinski definition) is 1. The highest BCUT2D eigenvalue weighted by molar-refractivity contribution is 5.88. The molecule has 1 aromatic carbocycles. The third-order valence-electron chi connectivity index (χ3n) is 4.56. The number of benzene rings is 1. The average Bonchev–Trinajstić information content (AvgIpc) is 2.60. The zero-order valence-electron chi connectivity index (χ0n) is 15.0. The minimum absolute atomic E-state index is 0.0627. The fraction of sp³-hybridized carbons (Fsp3) is 0.556. The van der Waals surface area contributed by atoms with Crippen molar-refractivity contribution in [2.45, 2.75) is 32.9 Å². The molecule has 6 nitrogen and oxygen atoms in total. The number of carbonyl (C=O) groups excluding carboxylic acids is 2. The lowest BCUT2D eigenvalue weighted by atomic mass is 10.1. The van der Waals surface area contributed by atoms with Gasteiger partial charge in [0, 0.05) is 44.4 Å². The first-order valence-corrected chi connectivity index (χ1v) is 8.62. The molecule has 0 radical (unpaired) electrons. The lowest BCUT2D eigenvalue weighted by Crippen LogP contribution is -2.56. The summed E-state index contributed by atoms with van der Waals surface area (Å²) in [6.07, 6.45) is 0.102. The molecule has 0 unspecified atom stereocenters. The molecule has 1 heterocycles. The second kappa shape index (κ2) is 8.80. The molecule has 138 valence electrons. The number of nitrogens with one attached hydrogen (secondary N) is 1. The predicted molar refractivity (Wildman–Crippen MR) is 92.7 cm³/mol. The van der Waals surface area contributed by atoms with E-state index in [4.69, 9.17) is 4.74 Å². The molecule has 2 amide bonds. The Morgan fingerprint density at radius 3 is 2.72 bits per heavy atom. The maximum atomic E-state index is 14.2. The van der Waals surface area contributed by atoms with Crippen LogP contribution in [0.3, 0.4) is 0 Å².